The van der Waals surface area contributed by atoms with Crippen LogP contribution in [0, 0.1) is 0 Å². The van der Waals surface area contributed by atoms with Crippen LogP contribution < -0.4 is 0 Å². The Bertz CT molecular complexity index is 307. The Morgan fingerprint density at radius 3 is 2.53 bits per heavy atom. The van der Waals surface area contributed by atoms with E-state index in [0.717, 1.165) is 18.4 Å². The van der Waals surface area contributed by atoms with Crippen molar-refractivity contribution in [3.63, 3.8) is 0 Å². The Morgan fingerprint density at radius 1 is 1.40 bits per heavy atom. The summed E-state index contributed by atoms with van der Waals surface area (Å²) in [5, 5.41) is 0. The molecule has 1 aliphatic heterocycles. The van der Waals surface area contributed by atoms with Gasteiger partial charge in [-0.1, -0.05) is 6.92 Å². The Balaban J connectivity index is 2.94. The van der Waals surface area contributed by atoms with Gasteiger partial charge in [-0.15, -0.1) is 0 Å². The maximum absolute atomic E-state index is 11.7. The van der Waals surface area contributed by atoms with Crippen molar-refractivity contribution in [3.8, 4) is 0 Å². The summed E-state index contributed by atoms with van der Waals surface area (Å²) in [5.74, 6) is -0.469. The van der Waals surface area contributed by atoms with Gasteiger partial charge in [-0.05, 0) is 25.3 Å². The highest BCUT2D eigenvalue weighted by Crippen LogP contribution is 2.26. The number of rotatable bonds is 3. The summed E-state index contributed by atoms with van der Waals surface area (Å²) in [6.07, 6.45) is 1.57. The fourth-order valence-electron chi connectivity index (χ4n) is 1.78. The van der Waals surface area contributed by atoms with Gasteiger partial charge in [0, 0.05) is 13.5 Å². The number of carbonyl (C=O) groups is 2. The molecule has 1 rings (SSSR count). The van der Waals surface area contributed by atoms with Crippen molar-refractivity contribution in [2.45, 2.75) is 33.6 Å². The van der Waals surface area contributed by atoms with Crippen molar-refractivity contribution in [1.29, 1.82) is 0 Å². The van der Waals surface area contributed by atoms with Crippen LogP contribution in [0.3, 0.4) is 0 Å². The third-order valence-corrected chi connectivity index (χ3v) is 2.52. The molecule has 1 heterocycles. The lowest BCUT2D eigenvalue weighted by Crippen LogP contribution is -2.30. The fourth-order valence-corrected chi connectivity index (χ4v) is 1.78. The average Bonchev–Trinajstić information content (AvgIpc) is 2.61. The number of nitrogens with zero attached hydrogens (tertiary/aromatic N) is 1. The van der Waals surface area contributed by atoms with Gasteiger partial charge in [-0.25, -0.2) is 4.79 Å². The van der Waals surface area contributed by atoms with E-state index >= 15 is 0 Å². The Kier molecular flexibility index (Phi) is 3.88. The summed E-state index contributed by atoms with van der Waals surface area (Å²) in [4.78, 5) is 24.5. The van der Waals surface area contributed by atoms with E-state index in [1.54, 1.807) is 6.92 Å². The molecule has 0 unspecified atom stereocenters. The molecule has 0 aromatic heterocycles. The molecule has 1 amide bonds. The van der Waals surface area contributed by atoms with Crippen molar-refractivity contribution in [1.82, 2.24) is 4.90 Å². The summed E-state index contributed by atoms with van der Waals surface area (Å²) in [5.41, 5.74) is 1.48. The highest BCUT2D eigenvalue weighted by Gasteiger charge is 2.30. The monoisotopic (exact) mass is 211 g/mol. The smallest absolute Gasteiger partial charge is 0.354 e. The minimum atomic E-state index is -0.373. The molecule has 0 bridgehead atoms. The van der Waals surface area contributed by atoms with Crippen LogP contribution in [0.4, 0.5) is 0 Å². The Morgan fingerprint density at radius 2 is 2.07 bits per heavy atom. The van der Waals surface area contributed by atoms with Crippen molar-refractivity contribution in [2.75, 3.05) is 13.2 Å². The zero-order valence-corrected chi connectivity index (χ0v) is 9.50. The number of carbonyl (C=O) groups excluding carboxylic acids is 2. The number of amides is 1. The van der Waals surface area contributed by atoms with E-state index in [1.807, 2.05) is 6.92 Å². The standard InChI is InChI=1S/C11H17NO3/c1-4-9-6-7-12(8(3)13)10(9)11(14)15-5-2/h4-7H2,1-3H3. The van der Waals surface area contributed by atoms with Crippen LogP contribution in [0.2, 0.25) is 0 Å². The molecule has 0 N–H and O–H groups in total. The fraction of sp³-hybridized carbons (Fsp3) is 0.636. The summed E-state index contributed by atoms with van der Waals surface area (Å²) < 4.78 is 4.95. The van der Waals surface area contributed by atoms with Gasteiger partial charge in [0.15, 0.2) is 0 Å². The van der Waals surface area contributed by atoms with Crippen LogP contribution in [0.5, 0.6) is 0 Å². The summed E-state index contributed by atoms with van der Waals surface area (Å²) in [6, 6.07) is 0. The minimum Gasteiger partial charge on any atom is -0.461 e. The largest absolute Gasteiger partial charge is 0.461 e. The molecule has 0 saturated heterocycles. The third-order valence-electron chi connectivity index (χ3n) is 2.52. The highest BCUT2D eigenvalue weighted by atomic mass is 16.5. The first-order valence-corrected chi connectivity index (χ1v) is 5.29. The number of hydrogen-bond acceptors (Lipinski definition) is 3. The van der Waals surface area contributed by atoms with E-state index < -0.39 is 0 Å². The SMILES string of the molecule is CCOC(=O)C1=C(CC)CCN1C(C)=O. The van der Waals surface area contributed by atoms with Crippen LogP contribution in [-0.2, 0) is 14.3 Å². The minimum absolute atomic E-state index is 0.0958. The lowest BCUT2D eigenvalue weighted by Gasteiger charge is -2.17. The molecule has 0 radical (unpaired) electrons. The second-order valence-electron chi connectivity index (χ2n) is 3.45. The molecule has 0 aromatic carbocycles. The molecule has 0 spiro atoms. The van der Waals surface area contributed by atoms with E-state index in [0.29, 0.717) is 18.8 Å². The molecular weight excluding hydrogens is 194 g/mol. The summed E-state index contributed by atoms with van der Waals surface area (Å²) in [7, 11) is 0. The van der Waals surface area contributed by atoms with Gasteiger partial charge in [-0.3, -0.25) is 4.79 Å². The van der Waals surface area contributed by atoms with E-state index in [4.69, 9.17) is 4.74 Å². The molecule has 0 aromatic rings. The van der Waals surface area contributed by atoms with Gasteiger partial charge in [0.1, 0.15) is 5.70 Å². The molecular formula is C11H17NO3. The predicted molar refractivity (Wildman–Crippen MR) is 56.0 cm³/mol. The average molecular weight is 211 g/mol. The van der Waals surface area contributed by atoms with Crippen LogP contribution in [0.25, 0.3) is 0 Å². The number of ether oxygens (including phenoxy) is 1. The highest BCUT2D eigenvalue weighted by molar-refractivity contribution is 5.94. The second-order valence-corrected chi connectivity index (χ2v) is 3.45. The molecule has 15 heavy (non-hydrogen) atoms. The van der Waals surface area contributed by atoms with Gasteiger partial charge in [-0.2, -0.15) is 0 Å². The quantitative estimate of drug-likeness (QED) is 0.664. The lowest BCUT2D eigenvalue weighted by molar-refractivity contribution is -0.143. The van der Waals surface area contributed by atoms with Crippen molar-refractivity contribution in [2.24, 2.45) is 0 Å². The van der Waals surface area contributed by atoms with Gasteiger partial charge >= 0.3 is 5.97 Å². The molecule has 4 heteroatoms. The predicted octanol–water partition coefficient (Wildman–Crippen LogP) is 1.47. The molecule has 4 nitrogen and oxygen atoms in total. The van der Waals surface area contributed by atoms with Crippen LogP contribution in [-0.4, -0.2) is 29.9 Å². The number of hydrogen-bond donors (Lipinski definition) is 0. The number of esters is 1. The Labute approximate surface area is 89.9 Å². The van der Waals surface area contributed by atoms with Crippen molar-refractivity contribution in [3.05, 3.63) is 11.3 Å². The normalized spacial score (nSPS) is 15.8. The maximum atomic E-state index is 11.7. The first-order valence-electron chi connectivity index (χ1n) is 5.29. The van der Waals surface area contributed by atoms with Gasteiger partial charge in [0.05, 0.1) is 6.61 Å². The van der Waals surface area contributed by atoms with Crippen molar-refractivity contribution >= 4 is 11.9 Å². The lowest BCUT2D eigenvalue weighted by atomic mass is 10.1. The molecule has 0 atom stereocenters. The zero-order chi connectivity index (χ0) is 11.4. The zero-order valence-electron chi connectivity index (χ0n) is 9.50. The van der Waals surface area contributed by atoms with E-state index in [1.165, 1.54) is 11.8 Å². The summed E-state index contributed by atoms with van der Waals surface area (Å²) in [6.45, 7) is 6.16. The van der Waals surface area contributed by atoms with Gasteiger partial charge in [0.2, 0.25) is 5.91 Å². The summed E-state index contributed by atoms with van der Waals surface area (Å²) >= 11 is 0. The van der Waals surface area contributed by atoms with Gasteiger partial charge < -0.3 is 9.64 Å². The van der Waals surface area contributed by atoms with Gasteiger partial charge in [0.25, 0.3) is 0 Å². The van der Waals surface area contributed by atoms with E-state index in [-0.39, 0.29) is 11.9 Å². The van der Waals surface area contributed by atoms with Crippen molar-refractivity contribution < 1.29 is 14.3 Å². The van der Waals surface area contributed by atoms with E-state index in [9.17, 15) is 9.59 Å². The second kappa shape index (κ2) is 4.96. The van der Waals surface area contributed by atoms with E-state index in [2.05, 4.69) is 0 Å². The van der Waals surface area contributed by atoms with Crippen LogP contribution >= 0.6 is 0 Å². The molecule has 84 valence electrons. The topological polar surface area (TPSA) is 46.6 Å². The van der Waals surface area contributed by atoms with Crippen LogP contribution in [0.1, 0.15) is 33.6 Å². The van der Waals surface area contributed by atoms with Crippen LogP contribution in [0.15, 0.2) is 11.3 Å². The Hall–Kier alpha value is -1.32. The molecule has 0 fully saturated rings. The third kappa shape index (κ3) is 2.37. The molecule has 1 aliphatic rings. The maximum Gasteiger partial charge on any atom is 0.354 e. The molecule has 0 saturated carbocycles. The first-order chi connectivity index (χ1) is 7.11. The molecule has 0 aliphatic carbocycles. The first kappa shape index (κ1) is 11.8.